The quantitative estimate of drug-likeness (QED) is 0.773. The van der Waals surface area contributed by atoms with Gasteiger partial charge in [0, 0.05) is 0 Å². The van der Waals surface area contributed by atoms with Crippen LogP contribution >= 0.6 is 0 Å². The summed E-state index contributed by atoms with van der Waals surface area (Å²) in [5, 5.41) is 3.54. The van der Waals surface area contributed by atoms with Crippen LogP contribution in [0.5, 0.6) is 0 Å². The fraction of sp³-hybridized carbons (Fsp3) is 0.692. The van der Waals surface area contributed by atoms with Crippen molar-refractivity contribution in [3.05, 3.63) is 23.7 Å². The highest BCUT2D eigenvalue weighted by Crippen LogP contribution is 2.22. The Balaban J connectivity index is 2.62. The predicted octanol–water partition coefficient (Wildman–Crippen LogP) is 3.67. The lowest BCUT2D eigenvalue weighted by molar-refractivity contribution is 0.354. The molecule has 1 unspecified atom stereocenters. The second-order valence-corrected chi connectivity index (χ2v) is 4.58. The first-order chi connectivity index (χ1) is 7.13. The van der Waals surface area contributed by atoms with E-state index in [9.17, 15) is 0 Å². The summed E-state index contributed by atoms with van der Waals surface area (Å²) in [6, 6.07) is 4.50. The van der Waals surface area contributed by atoms with Crippen LogP contribution in [0.2, 0.25) is 0 Å². The van der Waals surface area contributed by atoms with Crippen LogP contribution in [0.1, 0.15) is 51.2 Å². The maximum absolute atomic E-state index is 5.68. The molecular formula is C13H23NO. The molecule has 0 bridgehead atoms. The van der Waals surface area contributed by atoms with Crippen molar-refractivity contribution < 1.29 is 4.42 Å². The molecule has 1 N–H and O–H groups in total. The summed E-state index contributed by atoms with van der Waals surface area (Å²) in [7, 11) is 0. The van der Waals surface area contributed by atoms with Crippen molar-refractivity contribution in [3.8, 4) is 0 Å². The van der Waals surface area contributed by atoms with Gasteiger partial charge in [-0.25, -0.2) is 0 Å². The summed E-state index contributed by atoms with van der Waals surface area (Å²) in [5.74, 6) is 2.76. The monoisotopic (exact) mass is 209 g/mol. The molecule has 0 amide bonds. The van der Waals surface area contributed by atoms with Crippen LogP contribution in [-0.2, 0) is 0 Å². The highest BCUT2D eigenvalue weighted by Gasteiger charge is 2.15. The van der Waals surface area contributed by atoms with Gasteiger partial charge in [-0.15, -0.1) is 0 Å². The van der Waals surface area contributed by atoms with Crippen molar-refractivity contribution in [1.82, 2.24) is 5.32 Å². The van der Waals surface area contributed by atoms with Crippen LogP contribution in [0.3, 0.4) is 0 Å². The SMILES string of the molecule is CCCNC(CC(C)C)c1ccc(C)o1. The van der Waals surface area contributed by atoms with Crippen LogP contribution in [0.25, 0.3) is 0 Å². The molecule has 2 nitrogen and oxygen atoms in total. The fourth-order valence-electron chi connectivity index (χ4n) is 1.73. The number of nitrogens with one attached hydrogen (secondary N) is 1. The molecule has 0 aromatic carbocycles. The van der Waals surface area contributed by atoms with Crippen molar-refractivity contribution >= 4 is 0 Å². The normalized spacial score (nSPS) is 13.4. The maximum Gasteiger partial charge on any atom is 0.121 e. The zero-order valence-electron chi connectivity index (χ0n) is 10.3. The highest BCUT2D eigenvalue weighted by molar-refractivity contribution is 5.09. The molecule has 1 aromatic rings. The van der Waals surface area contributed by atoms with Crippen molar-refractivity contribution in [2.24, 2.45) is 5.92 Å². The van der Waals surface area contributed by atoms with E-state index in [1.807, 2.05) is 13.0 Å². The molecule has 1 atom stereocenters. The molecule has 0 radical (unpaired) electrons. The molecule has 0 fully saturated rings. The van der Waals surface area contributed by atoms with E-state index in [2.05, 4.69) is 32.2 Å². The molecule has 0 saturated heterocycles. The number of furan rings is 1. The summed E-state index contributed by atoms with van der Waals surface area (Å²) in [6.45, 7) is 9.73. The van der Waals surface area contributed by atoms with Gasteiger partial charge in [-0.1, -0.05) is 20.8 Å². The highest BCUT2D eigenvalue weighted by atomic mass is 16.3. The molecule has 0 aliphatic heterocycles. The Hall–Kier alpha value is -0.760. The topological polar surface area (TPSA) is 25.2 Å². The van der Waals surface area contributed by atoms with Gasteiger partial charge in [-0.3, -0.25) is 0 Å². The number of aryl methyl sites for hydroxylation is 1. The third-order valence-electron chi connectivity index (χ3n) is 2.45. The minimum absolute atomic E-state index is 0.374. The van der Waals surface area contributed by atoms with E-state index in [4.69, 9.17) is 4.42 Å². The smallest absolute Gasteiger partial charge is 0.121 e. The van der Waals surface area contributed by atoms with Crippen molar-refractivity contribution in [1.29, 1.82) is 0 Å². The summed E-state index contributed by atoms with van der Waals surface area (Å²) < 4.78 is 5.68. The van der Waals surface area contributed by atoms with E-state index < -0.39 is 0 Å². The van der Waals surface area contributed by atoms with Gasteiger partial charge >= 0.3 is 0 Å². The summed E-state index contributed by atoms with van der Waals surface area (Å²) in [4.78, 5) is 0. The lowest BCUT2D eigenvalue weighted by Gasteiger charge is -2.18. The first-order valence-electron chi connectivity index (χ1n) is 5.93. The molecule has 0 spiro atoms. The second kappa shape index (κ2) is 5.96. The van der Waals surface area contributed by atoms with Gasteiger partial charge in [-0.05, 0) is 44.4 Å². The Morgan fingerprint density at radius 3 is 2.53 bits per heavy atom. The van der Waals surface area contributed by atoms with Gasteiger partial charge in [0.25, 0.3) is 0 Å². The third-order valence-corrected chi connectivity index (χ3v) is 2.45. The molecule has 86 valence electrons. The van der Waals surface area contributed by atoms with Crippen molar-refractivity contribution in [2.75, 3.05) is 6.54 Å². The zero-order chi connectivity index (χ0) is 11.3. The Bertz CT molecular complexity index is 278. The Labute approximate surface area is 93.1 Å². The number of hydrogen-bond donors (Lipinski definition) is 1. The molecule has 1 heterocycles. The van der Waals surface area contributed by atoms with E-state index in [1.54, 1.807) is 0 Å². The van der Waals surface area contributed by atoms with Gasteiger partial charge in [-0.2, -0.15) is 0 Å². The van der Waals surface area contributed by atoms with Gasteiger partial charge in [0.15, 0.2) is 0 Å². The van der Waals surface area contributed by atoms with Gasteiger partial charge in [0.2, 0.25) is 0 Å². The first kappa shape index (κ1) is 12.3. The minimum atomic E-state index is 0.374. The van der Waals surface area contributed by atoms with Crippen LogP contribution in [0, 0.1) is 12.8 Å². The average Bonchev–Trinajstić information content (AvgIpc) is 2.58. The van der Waals surface area contributed by atoms with Crippen molar-refractivity contribution in [3.63, 3.8) is 0 Å². The molecule has 2 heteroatoms. The van der Waals surface area contributed by atoms with Crippen LogP contribution < -0.4 is 5.32 Å². The average molecular weight is 209 g/mol. The van der Waals surface area contributed by atoms with Gasteiger partial charge in [0.05, 0.1) is 6.04 Å². The molecule has 1 rings (SSSR count). The summed E-state index contributed by atoms with van der Waals surface area (Å²) in [5.41, 5.74) is 0. The minimum Gasteiger partial charge on any atom is -0.465 e. The van der Waals surface area contributed by atoms with E-state index in [-0.39, 0.29) is 0 Å². The lowest BCUT2D eigenvalue weighted by atomic mass is 10.0. The van der Waals surface area contributed by atoms with Gasteiger partial charge < -0.3 is 9.73 Å². The van der Waals surface area contributed by atoms with E-state index in [0.29, 0.717) is 12.0 Å². The van der Waals surface area contributed by atoms with E-state index >= 15 is 0 Å². The molecule has 0 saturated carbocycles. The molecule has 0 aliphatic carbocycles. The number of rotatable bonds is 6. The zero-order valence-corrected chi connectivity index (χ0v) is 10.3. The first-order valence-corrected chi connectivity index (χ1v) is 5.93. The van der Waals surface area contributed by atoms with Crippen LogP contribution in [0.15, 0.2) is 16.5 Å². The fourth-order valence-corrected chi connectivity index (χ4v) is 1.73. The molecule has 1 aromatic heterocycles. The Morgan fingerprint density at radius 2 is 2.07 bits per heavy atom. The van der Waals surface area contributed by atoms with E-state index in [0.717, 1.165) is 30.9 Å². The van der Waals surface area contributed by atoms with Crippen LogP contribution in [-0.4, -0.2) is 6.54 Å². The molecule has 0 aliphatic rings. The van der Waals surface area contributed by atoms with Crippen LogP contribution in [0.4, 0.5) is 0 Å². The molecule has 15 heavy (non-hydrogen) atoms. The summed E-state index contributed by atoms with van der Waals surface area (Å²) in [6.07, 6.45) is 2.29. The molecular weight excluding hydrogens is 186 g/mol. The predicted molar refractivity (Wildman–Crippen MR) is 63.9 cm³/mol. The summed E-state index contributed by atoms with van der Waals surface area (Å²) >= 11 is 0. The third kappa shape index (κ3) is 4.08. The Morgan fingerprint density at radius 1 is 1.33 bits per heavy atom. The maximum atomic E-state index is 5.68. The van der Waals surface area contributed by atoms with Crippen molar-refractivity contribution in [2.45, 2.75) is 46.6 Å². The van der Waals surface area contributed by atoms with E-state index in [1.165, 1.54) is 0 Å². The number of hydrogen-bond acceptors (Lipinski definition) is 2. The Kier molecular flexibility index (Phi) is 4.89. The lowest BCUT2D eigenvalue weighted by Crippen LogP contribution is -2.23. The second-order valence-electron chi connectivity index (χ2n) is 4.58. The largest absolute Gasteiger partial charge is 0.465 e. The van der Waals surface area contributed by atoms with Gasteiger partial charge in [0.1, 0.15) is 11.5 Å². The standard InChI is InChI=1S/C13H23NO/c1-5-8-14-12(9-10(2)3)13-7-6-11(4)15-13/h6-7,10,12,14H,5,8-9H2,1-4H3.